The molecule has 0 radical (unpaired) electrons. The van der Waals surface area contributed by atoms with Gasteiger partial charge in [0.25, 0.3) is 0 Å². The van der Waals surface area contributed by atoms with Crippen LogP contribution >= 0.6 is 34.6 Å². The van der Waals surface area contributed by atoms with Gasteiger partial charge in [-0.05, 0) is 11.9 Å². The van der Waals surface area contributed by atoms with Crippen molar-refractivity contribution < 1.29 is 0 Å². The van der Waals surface area contributed by atoms with Gasteiger partial charge in [-0.25, -0.2) is 0 Å². The van der Waals surface area contributed by atoms with Crippen LogP contribution in [0.1, 0.15) is 0 Å². The van der Waals surface area contributed by atoms with E-state index in [1.54, 1.807) is 11.9 Å². The van der Waals surface area contributed by atoms with Gasteiger partial charge in [0.05, 0.1) is 0 Å². The lowest BCUT2D eigenvalue weighted by Gasteiger charge is -2.05. The van der Waals surface area contributed by atoms with E-state index in [0.29, 0.717) is 0 Å². The highest BCUT2D eigenvalue weighted by atomic mass is 33.1. The van der Waals surface area contributed by atoms with Crippen molar-refractivity contribution in [1.29, 1.82) is 0 Å². The minimum Gasteiger partial charge on any atom is -0.305 e. The maximum absolute atomic E-state index is 3.93. The molecule has 0 saturated heterocycles. The molecule has 0 atom stereocenters. The highest BCUT2D eigenvalue weighted by molar-refractivity contribution is 8.69. The molecule has 0 unspecified atom stereocenters. The van der Waals surface area contributed by atoms with Crippen molar-refractivity contribution in [3.63, 3.8) is 0 Å². The number of thiol groups is 1. The summed E-state index contributed by atoms with van der Waals surface area (Å²) in [5.41, 5.74) is 2.91. The van der Waals surface area contributed by atoms with E-state index < -0.39 is 0 Å². The molecule has 0 amide bonds. The number of nitrogens with one attached hydrogen (secondary N) is 1. The average molecular weight is 152 g/mol. The summed E-state index contributed by atoms with van der Waals surface area (Å²) < 4.78 is 1.82. The van der Waals surface area contributed by atoms with Gasteiger partial charge in [-0.1, -0.05) is 15.5 Å². The van der Waals surface area contributed by atoms with E-state index in [4.69, 9.17) is 0 Å². The summed E-state index contributed by atoms with van der Waals surface area (Å²) in [6.45, 7) is 0. The molecule has 1 aliphatic heterocycles. The lowest BCUT2D eigenvalue weighted by Crippen LogP contribution is -2.12. The molecule has 1 N–H and O–H groups in total. The van der Waals surface area contributed by atoms with Crippen LogP contribution in [0.4, 0.5) is 0 Å². The lowest BCUT2D eigenvalue weighted by molar-refractivity contribution is 0.674. The Labute approximate surface area is 55.8 Å². The Kier molecular flexibility index (Phi) is 2.24. The second kappa shape index (κ2) is 2.76. The zero-order valence-corrected chi connectivity index (χ0v) is 5.89. The molecule has 1 aliphatic rings. The van der Waals surface area contributed by atoms with E-state index >= 15 is 0 Å². The highest BCUT2D eigenvalue weighted by Gasteiger charge is 2.01. The van der Waals surface area contributed by atoms with Gasteiger partial charge in [0.2, 0.25) is 0 Å². The number of hydrazine groups is 1. The first-order chi connectivity index (χ1) is 3.43. The maximum atomic E-state index is 3.93. The van der Waals surface area contributed by atoms with Gasteiger partial charge in [-0.3, -0.25) is 0 Å². The third-order valence-corrected chi connectivity index (χ3v) is 2.59. The topological polar surface area (TPSA) is 15.3 Å². The molecule has 40 valence electrons. The molecule has 0 aromatic rings. The van der Waals surface area contributed by atoms with Crippen LogP contribution < -0.4 is 5.43 Å². The quantitative estimate of drug-likeness (QED) is 0.335. The van der Waals surface area contributed by atoms with Gasteiger partial charge in [-0.15, -0.1) is 0 Å². The Balaban J connectivity index is 2.22. The molecule has 1 heterocycles. The summed E-state index contributed by atoms with van der Waals surface area (Å²) >= 11 is 5.51. The van der Waals surface area contributed by atoms with Crippen molar-refractivity contribution >= 4 is 34.6 Å². The van der Waals surface area contributed by atoms with Crippen LogP contribution in [0.5, 0.6) is 0 Å². The van der Waals surface area contributed by atoms with Gasteiger partial charge in [0.15, 0.2) is 0 Å². The largest absolute Gasteiger partial charge is 0.305 e. The summed E-state index contributed by atoms with van der Waals surface area (Å²) in [5.74, 6) is 0. The minimum atomic E-state index is 1.35. The molecule has 2 nitrogen and oxygen atoms in total. The van der Waals surface area contributed by atoms with Crippen molar-refractivity contribution in [3.05, 3.63) is 11.6 Å². The van der Waals surface area contributed by atoms with E-state index in [-0.39, 0.29) is 0 Å². The minimum absolute atomic E-state index is 1.35. The average Bonchev–Trinajstić information content (AvgIpc) is 2.14. The second-order valence-electron chi connectivity index (χ2n) is 0.876. The van der Waals surface area contributed by atoms with Gasteiger partial charge < -0.3 is 5.43 Å². The molecule has 0 aromatic carbocycles. The lowest BCUT2D eigenvalue weighted by atomic mass is 11.1. The van der Waals surface area contributed by atoms with Gasteiger partial charge in [0, 0.05) is 22.6 Å². The Bertz CT molecular complexity index is 75.0. The van der Waals surface area contributed by atoms with Crippen molar-refractivity contribution in [2.75, 3.05) is 0 Å². The molecule has 0 aliphatic carbocycles. The first-order valence-corrected chi connectivity index (χ1v) is 4.29. The predicted octanol–water partition coefficient (Wildman–Crippen LogP) is 1.42. The van der Waals surface area contributed by atoms with E-state index in [2.05, 4.69) is 17.1 Å². The smallest absolute Gasteiger partial charge is 0.0223 e. The zero-order valence-electron chi connectivity index (χ0n) is 3.37. The summed E-state index contributed by atoms with van der Waals surface area (Å²) in [6.07, 6.45) is 1.86. The van der Waals surface area contributed by atoms with Crippen LogP contribution in [-0.2, 0) is 0 Å². The molecule has 0 bridgehead atoms. The van der Waals surface area contributed by atoms with E-state index in [1.165, 1.54) is 11.0 Å². The molecule has 0 saturated carbocycles. The summed E-state index contributed by atoms with van der Waals surface area (Å²) in [6, 6.07) is 0. The van der Waals surface area contributed by atoms with Crippen molar-refractivity contribution in [1.82, 2.24) is 9.25 Å². The Morgan fingerprint density at radius 2 is 2.71 bits per heavy atom. The monoisotopic (exact) mass is 152 g/mol. The van der Waals surface area contributed by atoms with Crippen LogP contribution in [-0.4, -0.2) is 3.82 Å². The standard InChI is InChI=1S/C2H4N2S3/c5-7-4-3-1-2-6-4/h1-3,5H. The molecule has 0 spiro atoms. The molecular weight excluding hydrogens is 148 g/mol. The molecule has 1 rings (SSSR count). The number of hydrogen-bond donors (Lipinski definition) is 2. The van der Waals surface area contributed by atoms with Crippen LogP contribution in [0.15, 0.2) is 11.6 Å². The van der Waals surface area contributed by atoms with E-state index in [9.17, 15) is 0 Å². The number of rotatable bonds is 1. The second-order valence-corrected chi connectivity index (χ2v) is 2.97. The van der Waals surface area contributed by atoms with Crippen LogP contribution in [0.25, 0.3) is 0 Å². The highest BCUT2D eigenvalue weighted by Crippen LogP contribution is 2.25. The van der Waals surface area contributed by atoms with Crippen molar-refractivity contribution in [3.8, 4) is 0 Å². The number of nitrogens with zero attached hydrogens (tertiary/aromatic N) is 1. The predicted molar refractivity (Wildman–Crippen MR) is 38.3 cm³/mol. The fraction of sp³-hybridized carbons (Fsp3) is 0. The van der Waals surface area contributed by atoms with E-state index in [0.717, 1.165) is 0 Å². The van der Waals surface area contributed by atoms with Gasteiger partial charge >= 0.3 is 0 Å². The fourth-order valence-electron chi connectivity index (χ4n) is 0.250. The SMILES string of the molecule is SSN1NC=CS1. The molecule has 0 aromatic heterocycles. The van der Waals surface area contributed by atoms with Gasteiger partial charge in [0.1, 0.15) is 0 Å². The molecule has 7 heavy (non-hydrogen) atoms. The summed E-state index contributed by atoms with van der Waals surface area (Å²) in [5, 5.41) is 1.95. The normalized spacial score (nSPS) is 20.1. The summed E-state index contributed by atoms with van der Waals surface area (Å²) in [4.78, 5) is 0. The van der Waals surface area contributed by atoms with Crippen LogP contribution in [0, 0.1) is 0 Å². The van der Waals surface area contributed by atoms with Crippen molar-refractivity contribution in [2.45, 2.75) is 0 Å². The third kappa shape index (κ3) is 1.49. The zero-order chi connectivity index (χ0) is 5.11. The first-order valence-electron chi connectivity index (χ1n) is 1.63. The van der Waals surface area contributed by atoms with Crippen LogP contribution in [0.2, 0.25) is 0 Å². The first kappa shape index (κ1) is 5.68. The molecule has 5 heteroatoms. The molecule has 0 fully saturated rings. The van der Waals surface area contributed by atoms with Crippen LogP contribution in [0.3, 0.4) is 0 Å². The van der Waals surface area contributed by atoms with Gasteiger partial charge in [-0.2, -0.15) is 0 Å². The Morgan fingerprint density at radius 3 is 3.00 bits per heavy atom. The third-order valence-electron chi connectivity index (χ3n) is 0.479. The van der Waals surface area contributed by atoms with Crippen molar-refractivity contribution in [2.24, 2.45) is 0 Å². The number of hydrogen-bond acceptors (Lipinski definition) is 5. The van der Waals surface area contributed by atoms with E-state index in [1.807, 2.05) is 15.4 Å². The maximum Gasteiger partial charge on any atom is 0.0223 e. The molecular formula is C2H4N2S3. The Hall–Kier alpha value is 0.550. The fourth-order valence-corrected chi connectivity index (χ4v) is 1.50. The summed E-state index contributed by atoms with van der Waals surface area (Å²) in [7, 11) is 1.35. The Morgan fingerprint density at radius 1 is 1.86 bits per heavy atom.